The lowest BCUT2D eigenvalue weighted by Gasteiger charge is -2.36. The van der Waals surface area contributed by atoms with Crippen molar-refractivity contribution in [2.45, 2.75) is 25.4 Å². The molecule has 0 aromatic heterocycles. The lowest BCUT2D eigenvalue weighted by atomic mass is 9.92. The number of hydrogen-bond donors (Lipinski definition) is 2. The third-order valence-corrected chi connectivity index (χ3v) is 3.88. The first kappa shape index (κ1) is 17.1. The summed E-state index contributed by atoms with van der Waals surface area (Å²) in [6.45, 7) is 2.46. The highest BCUT2D eigenvalue weighted by Crippen LogP contribution is 2.26. The van der Waals surface area contributed by atoms with Crippen molar-refractivity contribution >= 4 is 17.7 Å². The first-order valence-corrected chi connectivity index (χ1v) is 7.58. The molecule has 2 rings (SSSR count). The van der Waals surface area contributed by atoms with Crippen molar-refractivity contribution < 1.29 is 24.2 Å². The van der Waals surface area contributed by atoms with Gasteiger partial charge in [-0.05, 0) is 19.1 Å². The summed E-state index contributed by atoms with van der Waals surface area (Å²) in [6, 6.07) is 6.82. The average molecular weight is 322 g/mol. The molecule has 126 valence electrons. The molecule has 0 aliphatic carbocycles. The number of para-hydroxylation sites is 2. The van der Waals surface area contributed by atoms with E-state index in [1.807, 2.05) is 6.07 Å². The van der Waals surface area contributed by atoms with Gasteiger partial charge in [0.1, 0.15) is 5.75 Å². The smallest absolute Gasteiger partial charge is 0.338 e. The minimum atomic E-state index is -1.50. The van der Waals surface area contributed by atoms with Crippen LogP contribution in [0.15, 0.2) is 24.3 Å². The van der Waals surface area contributed by atoms with Gasteiger partial charge < -0.3 is 24.8 Å². The number of methoxy groups -OCH3 is 1. The molecule has 0 radical (unpaired) electrons. The summed E-state index contributed by atoms with van der Waals surface area (Å²) in [4.78, 5) is 25.6. The Hall–Kier alpha value is -2.28. The van der Waals surface area contributed by atoms with E-state index in [9.17, 15) is 14.7 Å². The second kappa shape index (κ2) is 7.32. The van der Waals surface area contributed by atoms with Crippen LogP contribution in [0.3, 0.4) is 0 Å². The molecule has 1 aromatic carbocycles. The number of hydrogen-bond acceptors (Lipinski definition) is 5. The van der Waals surface area contributed by atoms with Crippen LogP contribution < -0.4 is 10.1 Å². The topological polar surface area (TPSA) is 88.1 Å². The molecule has 7 nitrogen and oxygen atoms in total. The number of urea groups is 1. The Bertz CT molecular complexity index is 567. The van der Waals surface area contributed by atoms with Crippen molar-refractivity contribution in [1.82, 2.24) is 4.90 Å². The number of likely N-dealkylation sites (tertiary alicyclic amines) is 1. The molecular formula is C16H22N2O5. The summed E-state index contributed by atoms with van der Waals surface area (Å²) < 4.78 is 10.1. The van der Waals surface area contributed by atoms with Crippen LogP contribution in [0.25, 0.3) is 0 Å². The molecule has 1 saturated heterocycles. The molecule has 0 saturated carbocycles. The van der Waals surface area contributed by atoms with Crippen molar-refractivity contribution in [3.05, 3.63) is 24.3 Å². The van der Waals surface area contributed by atoms with Crippen LogP contribution in [-0.2, 0) is 9.53 Å². The number of ether oxygens (including phenoxy) is 2. The van der Waals surface area contributed by atoms with Crippen LogP contribution in [0, 0.1) is 0 Å². The highest BCUT2D eigenvalue weighted by molar-refractivity contribution is 5.91. The summed E-state index contributed by atoms with van der Waals surface area (Å²) in [6.07, 6.45) is 0.316. The first-order chi connectivity index (χ1) is 11.0. The van der Waals surface area contributed by atoms with E-state index in [0.717, 1.165) is 0 Å². The predicted octanol–water partition coefficient (Wildman–Crippen LogP) is 1.62. The third-order valence-electron chi connectivity index (χ3n) is 3.88. The molecule has 7 heteroatoms. The van der Waals surface area contributed by atoms with E-state index in [0.29, 0.717) is 11.4 Å². The van der Waals surface area contributed by atoms with Crippen molar-refractivity contribution in [3.8, 4) is 5.75 Å². The normalized spacial score (nSPS) is 16.6. The van der Waals surface area contributed by atoms with Gasteiger partial charge in [0.05, 0.1) is 19.4 Å². The fourth-order valence-electron chi connectivity index (χ4n) is 2.49. The van der Waals surface area contributed by atoms with E-state index in [1.165, 1.54) is 7.11 Å². The Kier molecular flexibility index (Phi) is 5.44. The van der Waals surface area contributed by atoms with Crippen LogP contribution in [-0.4, -0.2) is 54.4 Å². The molecule has 0 spiro atoms. The summed E-state index contributed by atoms with van der Waals surface area (Å²) in [7, 11) is 1.53. The van der Waals surface area contributed by atoms with Crippen molar-refractivity contribution in [1.29, 1.82) is 0 Å². The number of esters is 1. The molecule has 0 atom stereocenters. The van der Waals surface area contributed by atoms with E-state index < -0.39 is 11.6 Å². The highest BCUT2D eigenvalue weighted by Gasteiger charge is 2.41. The van der Waals surface area contributed by atoms with Crippen LogP contribution in [0.5, 0.6) is 5.75 Å². The van der Waals surface area contributed by atoms with Gasteiger partial charge in [-0.3, -0.25) is 0 Å². The number of piperidine rings is 1. The van der Waals surface area contributed by atoms with Gasteiger partial charge in [-0.2, -0.15) is 0 Å². The lowest BCUT2D eigenvalue weighted by molar-refractivity contribution is -0.169. The Balaban J connectivity index is 1.95. The predicted molar refractivity (Wildman–Crippen MR) is 84.4 cm³/mol. The van der Waals surface area contributed by atoms with Crippen molar-refractivity contribution in [3.63, 3.8) is 0 Å². The van der Waals surface area contributed by atoms with Crippen LogP contribution in [0.4, 0.5) is 10.5 Å². The van der Waals surface area contributed by atoms with Crippen molar-refractivity contribution in [2.24, 2.45) is 0 Å². The van der Waals surface area contributed by atoms with E-state index in [1.54, 1.807) is 30.0 Å². The number of rotatable bonds is 4. The minimum Gasteiger partial charge on any atom is -0.495 e. The maximum absolute atomic E-state index is 12.3. The molecule has 1 heterocycles. The number of carbonyl (C=O) groups excluding carboxylic acids is 2. The van der Waals surface area contributed by atoms with Gasteiger partial charge in [0.25, 0.3) is 0 Å². The molecule has 0 unspecified atom stereocenters. The number of nitrogens with one attached hydrogen (secondary N) is 1. The second-order valence-electron chi connectivity index (χ2n) is 5.37. The van der Waals surface area contributed by atoms with Gasteiger partial charge in [-0.25, -0.2) is 9.59 Å². The maximum atomic E-state index is 12.3. The van der Waals surface area contributed by atoms with Crippen LogP contribution in [0.1, 0.15) is 19.8 Å². The Morgan fingerprint density at radius 1 is 1.30 bits per heavy atom. The van der Waals surface area contributed by atoms with Crippen LogP contribution >= 0.6 is 0 Å². The van der Waals surface area contributed by atoms with Gasteiger partial charge in [0.2, 0.25) is 0 Å². The summed E-state index contributed by atoms with van der Waals surface area (Å²) in [5.41, 5.74) is -0.928. The van der Waals surface area contributed by atoms with E-state index in [-0.39, 0.29) is 38.6 Å². The fourth-order valence-corrected chi connectivity index (χ4v) is 2.49. The number of benzene rings is 1. The standard InChI is InChI=1S/C16H22N2O5/c1-3-23-14(19)16(21)8-10-18(11-9-16)15(20)17-12-6-4-5-7-13(12)22-2/h4-7,21H,3,8-11H2,1-2H3,(H,17,20). The SMILES string of the molecule is CCOC(=O)C1(O)CCN(C(=O)Nc2ccccc2OC)CC1. The first-order valence-electron chi connectivity index (χ1n) is 7.58. The van der Waals surface area contributed by atoms with Crippen LogP contribution in [0.2, 0.25) is 0 Å². The average Bonchev–Trinajstić information content (AvgIpc) is 2.56. The van der Waals surface area contributed by atoms with E-state index in [4.69, 9.17) is 9.47 Å². The van der Waals surface area contributed by atoms with Gasteiger partial charge in [-0.1, -0.05) is 12.1 Å². The molecule has 1 aromatic rings. The lowest BCUT2D eigenvalue weighted by Crippen LogP contribution is -2.52. The summed E-state index contributed by atoms with van der Waals surface area (Å²) >= 11 is 0. The monoisotopic (exact) mass is 322 g/mol. The summed E-state index contributed by atoms with van der Waals surface area (Å²) in [5, 5.41) is 13.1. The maximum Gasteiger partial charge on any atom is 0.338 e. The number of anilines is 1. The Morgan fingerprint density at radius 2 is 1.96 bits per heavy atom. The largest absolute Gasteiger partial charge is 0.495 e. The molecular weight excluding hydrogens is 300 g/mol. The number of carbonyl (C=O) groups is 2. The molecule has 0 bridgehead atoms. The van der Waals surface area contributed by atoms with Crippen molar-refractivity contribution in [2.75, 3.05) is 32.1 Å². The molecule has 1 aliphatic rings. The zero-order valence-electron chi connectivity index (χ0n) is 13.4. The van der Waals surface area contributed by atoms with Gasteiger partial charge in [0, 0.05) is 25.9 Å². The fraction of sp³-hybridized carbons (Fsp3) is 0.500. The molecule has 1 fully saturated rings. The molecule has 2 N–H and O–H groups in total. The Morgan fingerprint density at radius 3 is 2.57 bits per heavy atom. The highest BCUT2D eigenvalue weighted by atomic mass is 16.5. The number of aliphatic hydroxyl groups is 1. The molecule has 1 aliphatic heterocycles. The Labute approximate surface area is 135 Å². The number of amides is 2. The minimum absolute atomic E-state index is 0.158. The second-order valence-corrected chi connectivity index (χ2v) is 5.37. The zero-order valence-corrected chi connectivity index (χ0v) is 13.4. The van der Waals surface area contributed by atoms with Gasteiger partial charge in [-0.15, -0.1) is 0 Å². The number of nitrogens with zero attached hydrogens (tertiary/aromatic N) is 1. The molecule has 23 heavy (non-hydrogen) atoms. The quantitative estimate of drug-likeness (QED) is 0.822. The van der Waals surface area contributed by atoms with E-state index in [2.05, 4.69) is 5.32 Å². The molecule has 2 amide bonds. The van der Waals surface area contributed by atoms with E-state index >= 15 is 0 Å². The zero-order chi connectivity index (χ0) is 16.9. The van der Waals surface area contributed by atoms with Gasteiger partial charge in [0.15, 0.2) is 5.60 Å². The summed E-state index contributed by atoms with van der Waals surface area (Å²) in [5.74, 6) is -0.0503. The van der Waals surface area contributed by atoms with Gasteiger partial charge >= 0.3 is 12.0 Å². The third kappa shape index (κ3) is 3.92.